The lowest BCUT2D eigenvalue weighted by Crippen LogP contribution is -2.48. The van der Waals surface area contributed by atoms with Crippen LogP contribution < -0.4 is 20.3 Å². The Bertz CT molecular complexity index is 1280. The molecule has 2 amide bonds. The van der Waals surface area contributed by atoms with Crippen molar-refractivity contribution in [2.45, 2.75) is 0 Å². The van der Waals surface area contributed by atoms with Gasteiger partial charge in [0.25, 0.3) is 11.8 Å². The Labute approximate surface area is 224 Å². The van der Waals surface area contributed by atoms with E-state index in [2.05, 4.69) is 15.5 Å². The van der Waals surface area contributed by atoms with Crippen LogP contribution in [0.15, 0.2) is 66.7 Å². The molecule has 0 aliphatic carbocycles. The maximum absolute atomic E-state index is 13.0. The summed E-state index contributed by atoms with van der Waals surface area (Å²) in [5.74, 6) is 0.0768. The molecule has 0 aromatic heterocycles. The molecule has 0 saturated carbocycles. The van der Waals surface area contributed by atoms with Crippen molar-refractivity contribution in [3.8, 4) is 5.75 Å². The summed E-state index contributed by atoms with van der Waals surface area (Å²) in [5.41, 5.74) is 2.67. The predicted octanol–water partition coefficient (Wildman–Crippen LogP) is 5.09. The fraction of sp³-hybridized carbons (Fsp3) is 0.192. The molecular formula is C26H24Cl2N4O3S. The Kier molecular flexibility index (Phi) is 8.30. The molecule has 0 radical (unpaired) electrons. The molecule has 1 fully saturated rings. The molecule has 1 heterocycles. The lowest BCUT2D eigenvalue weighted by Gasteiger charge is -2.36. The zero-order chi connectivity index (χ0) is 25.7. The summed E-state index contributed by atoms with van der Waals surface area (Å²) in [6.45, 7) is 2.53. The molecule has 7 nitrogen and oxygen atoms in total. The summed E-state index contributed by atoms with van der Waals surface area (Å²) in [5, 5.41) is 6.83. The monoisotopic (exact) mass is 542 g/mol. The molecular weight excluding hydrogens is 519 g/mol. The van der Waals surface area contributed by atoms with Crippen LogP contribution >= 0.6 is 35.4 Å². The summed E-state index contributed by atoms with van der Waals surface area (Å²) in [4.78, 5) is 29.4. The highest BCUT2D eigenvalue weighted by molar-refractivity contribution is 7.80. The normalized spacial score (nSPS) is 13.2. The molecule has 1 aliphatic heterocycles. The van der Waals surface area contributed by atoms with Crippen LogP contribution in [0.2, 0.25) is 10.0 Å². The quantitative estimate of drug-likeness (QED) is 0.437. The third-order valence-electron chi connectivity index (χ3n) is 5.76. The van der Waals surface area contributed by atoms with E-state index < -0.39 is 0 Å². The molecule has 0 spiro atoms. The van der Waals surface area contributed by atoms with E-state index in [1.54, 1.807) is 42.5 Å². The van der Waals surface area contributed by atoms with Gasteiger partial charge in [-0.05, 0) is 72.9 Å². The summed E-state index contributed by atoms with van der Waals surface area (Å²) in [6, 6.07) is 19.4. The van der Waals surface area contributed by atoms with Gasteiger partial charge in [0.1, 0.15) is 5.75 Å². The SMILES string of the molecule is COc1ccc(Cl)cc1C(=O)N1CCN(c2ccc(NC(=S)NC(=O)c3cccc(Cl)c3)cc2)CC1. The second-order valence-electron chi connectivity index (χ2n) is 8.09. The Balaban J connectivity index is 1.30. The number of ether oxygens (including phenoxy) is 1. The van der Waals surface area contributed by atoms with Crippen LogP contribution in [0.5, 0.6) is 5.75 Å². The predicted molar refractivity (Wildman–Crippen MR) is 148 cm³/mol. The van der Waals surface area contributed by atoms with Crippen LogP contribution in [-0.2, 0) is 0 Å². The number of nitrogens with one attached hydrogen (secondary N) is 2. The minimum absolute atomic E-state index is 0.0955. The number of carbonyl (C=O) groups is 2. The number of methoxy groups -OCH3 is 1. The Morgan fingerprint density at radius 2 is 1.61 bits per heavy atom. The molecule has 36 heavy (non-hydrogen) atoms. The first-order valence-electron chi connectivity index (χ1n) is 11.2. The summed E-state index contributed by atoms with van der Waals surface area (Å²) in [6.07, 6.45) is 0. The minimum atomic E-state index is -0.338. The molecule has 2 N–H and O–H groups in total. The Hall–Kier alpha value is -3.33. The van der Waals surface area contributed by atoms with E-state index in [0.29, 0.717) is 53.1 Å². The molecule has 1 saturated heterocycles. The number of hydrogen-bond acceptors (Lipinski definition) is 5. The van der Waals surface area contributed by atoms with Gasteiger partial charge < -0.3 is 19.9 Å². The number of thiocarbonyl (C=S) groups is 1. The van der Waals surface area contributed by atoms with E-state index in [1.807, 2.05) is 29.2 Å². The second-order valence-corrected chi connectivity index (χ2v) is 9.37. The fourth-order valence-electron chi connectivity index (χ4n) is 3.91. The van der Waals surface area contributed by atoms with Crippen LogP contribution in [0, 0.1) is 0 Å². The standard InChI is InChI=1S/C26H24Cl2N4O3S/c1-35-23-10-5-19(28)16-22(23)25(34)32-13-11-31(12-14-32)21-8-6-20(7-9-21)29-26(36)30-24(33)17-3-2-4-18(27)15-17/h2-10,15-16H,11-14H2,1H3,(H2,29,30,33,36). The number of piperazine rings is 1. The van der Waals surface area contributed by atoms with Gasteiger partial charge in [0.15, 0.2) is 5.11 Å². The molecule has 10 heteroatoms. The maximum Gasteiger partial charge on any atom is 0.257 e. The number of carbonyl (C=O) groups excluding carboxylic acids is 2. The van der Waals surface area contributed by atoms with E-state index in [1.165, 1.54) is 7.11 Å². The number of hydrogen-bond donors (Lipinski definition) is 2. The first-order valence-corrected chi connectivity index (χ1v) is 12.4. The highest BCUT2D eigenvalue weighted by atomic mass is 35.5. The van der Waals surface area contributed by atoms with Gasteiger partial charge in [-0.15, -0.1) is 0 Å². The average Bonchev–Trinajstić information content (AvgIpc) is 2.88. The van der Waals surface area contributed by atoms with Crippen LogP contribution in [-0.4, -0.2) is 55.1 Å². The number of benzene rings is 3. The Morgan fingerprint density at radius 3 is 2.28 bits per heavy atom. The zero-order valence-corrected chi connectivity index (χ0v) is 21.8. The van der Waals surface area contributed by atoms with Crippen LogP contribution in [0.1, 0.15) is 20.7 Å². The average molecular weight is 543 g/mol. The first kappa shape index (κ1) is 25.8. The summed E-state index contributed by atoms with van der Waals surface area (Å²) >= 11 is 17.3. The van der Waals surface area contributed by atoms with E-state index in [4.69, 9.17) is 40.2 Å². The van der Waals surface area contributed by atoms with Gasteiger partial charge in [-0.3, -0.25) is 14.9 Å². The molecule has 1 aliphatic rings. The lowest BCUT2D eigenvalue weighted by atomic mass is 10.1. The highest BCUT2D eigenvalue weighted by Gasteiger charge is 2.24. The third-order valence-corrected chi connectivity index (χ3v) is 6.44. The largest absolute Gasteiger partial charge is 0.496 e. The highest BCUT2D eigenvalue weighted by Crippen LogP contribution is 2.25. The van der Waals surface area contributed by atoms with Gasteiger partial charge in [0, 0.05) is 53.2 Å². The van der Waals surface area contributed by atoms with Crippen LogP contribution in [0.4, 0.5) is 11.4 Å². The van der Waals surface area contributed by atoms with Gasteiger partial charge in [-0.1, -0.05) is 29.3 Å². The molecule has 186 valence electrons. The van der Waals surface area contributed by atoms with Crippen molar-refractivity contribution in [2.24, 2.45) is 0 Å². The van der Waals surface area contributed by atoms with Crippen molar-refractivity contribution < 1.29 is 14.3 Å². The first-order chi connectivity index (χ1) is 17.3. The van der Waals surface area contributed by atoms with Crippen molar-refractivity contribution in [2.75, 3.05) is 43.5 Å². The third kappa shape index (κ3) is 6.26. The van der Waals surface area contributed by atoms with Gasteiger partial charge >= 0.3 is 0 Å². The van der Waals surface area contributed by atoms with Gasteiger partial charge in [0.05, 0.1) is 12.7 Å². The van der Waals surface area contributed by atoms with Crippen molar-refractivity contribution in [3.63, 3.8) is 0 Å². The molecule has 4 rings (SSSR count). The zero-order valence-electron chi connectivity index (χ0n) is 19.5. The van der Waals surface area contributed by atoms with E-state index >= 15 is 0 Å². The lowest BCUT2D eigenvalue weighted by molar-refractivity contribution is 0.0743. The molecule has 0 atom stereocenters. The van der Waals surface area contributed by atoms with Crippen LogP contribution in [0.25, 0.3) is 0 Å². The van der Waals surface area contributed by atoms with E-state index in [-0.39, 0.29) is 16.9 Å². The van der Waals surface area contributed by atoms with Crippen molar-refractivity contribution >= 4 is 63.7 Å². The Morgan fingerprint density at radius 1 is 0.917 bits per heavy atom. The van der Waals surface area contributed by atoms with Gasteiger partial charge in [-0.25, -0.2) is 0 Å². The molecule has 0 bridgehead atoms. The van der Waals surface area contributed by atoms with Gasteiger partial charge in [-0.2, -0.15) is 0 Å². The van der Waals surface area contributed by atoms with Crippen LogP contribution in [0.3, 0.4) is 0 Å². The maximum atomic E-state index is 13.0. The second kappa shape index (κ2) is 11.6. The topological polar surface area (TPSA) is 73.9 Å². The fourth-order valence-corrected chi connectivity index (χ4v) is 4.48. The number of anilines is 2. The van der Waals surface area contributed by atoms with Gasteiger partial charge in [0.2, 0.25) is 0 Å². The molecule has 3 aromatic rings. The number of rotatable bonds is 5. The van der Waals surface area contributed by atoms with E-state index in [0.717, 1.165) is 11.4 Å². The molecule has 3 aromatic carbocycles. The van der Waals surface area contributed by atoms with E-state index in [9.17, 15) is 9.59 Å². The minimum Gasteiger partial charge on any atom is -0.496 e. The summed E-state index contributed by atoms with van der Waals surface area (Å²) in [7, 11) is 1.54. The number of halogens is 2. The number of nitrogens with zero attached hydrogens (tertiary/aromatic N) is 2. The summed E-state index contributed by atoms with van der Waals surface area (Å²) < 4.78 is 5.33. The van der Waals surface area contributed by atoms with Crippen molar-refractivity contribution in [1.82, 2.24) is 10.2 Å². The molecule has 0 unspecified atom stereocenters. The smallest absolute Gasteiger partial charge is 0.257 e. The van der Waals surface area contributed by atoms with Crippen molar-refractivity contribution in [3.05, 3.63) is 87.9 Å². The number of amides is 2. The van der Waals surface area contributed by atoms with Crippen molar-refractivity contribution in [1.29, 1.82) is 0 Å².